The van der Waals surface area contributed by atoms with Crippen LogP contribution in [0.1, 0.15) is 55.5 Å². The van der Waals surface area contributed by atoms with Crippen molar-refractivity contribution in [2.24, 2.45) is 17.8 Å². The van der Waals surface area contributed by atoms with Gasteiger partial charge in [-0.2, -0.15) is 0 Å². The van der Waals surface area contributed by atoms with Crippen molar-refractivity contribution in [1.29, 1.82) is 0 Å². The lowest BCUT2D eigenvalue weighted by molar-refractivity contribution is -0.117. The zero-order chi connectivity index (χ0) is 13.5. The SMILES string of the molecule is O=C(C[C@@H]1C[C@@H]2CC[C@@H]1C2)Nc1nc2c(s1)CCCC2. The fourth-order valence-electron chi connectivity index (χ4n) is 4.44. The maximum absolute atomic E-state index is 12.2. The summed E-state index contributed by atoms with van der Waals surface area (Å²) in [6.07, 6.45) is 10.9. The number of rotatable bonds is 3. The Labute approximate surface area is 124 Å². The second-order valence-corrected chi connectivity index (χ2v) is 7.87. The lowest BCUT2D eigenvalue weighted by atomic mass is 9.86. The third-order valence-electron chi connectivity index (χ3n) is 5.42. The van der Waals surface area contributed by atoms with Crippen LogP contribution < -0.4 is 5.32 Å². The van der Waals surface area contributed by atoms with Crippen molar-refractivity contribution in [1.82, 2.24) is 4.98 Å². The maximum atomic E-state index is 12.2. The molecule has 1 heterocycles. The van der Waals surface area contributed by atoms with Crippen LogP contribution in [0.15, 0.2) is 0 Å². The zero-order valence-corrected chi connectivity index (χ0v) is 12.7. The van der Waals surface area contributed by atoms with Crippen LogP contribution in [-0.4, -0.2) is 10.9 Å². The second kappa shape index (κ2) is 5.14. The summed E-state index contributed by atoms with van der Waals surface area (Å²) in [5.41, 5.74) is 1.23. The number of carbonyl (C=O) groups is 1. The number of aryl methyl sites for hydroxylation is 2. The number of nitrogens with zero attached hydrogens (tertiary/aromatic N) is 1. The van der Waals surface area contributed by atoms with E-state index < -0.39 is 0 Å². The first-order valence-electron chi connectivity index (χ1n) is 8.06. The summed E-state index contributed by atoms with van der Waals surface area (Å²) in [7, 11) is 0. The number of anilines is 1. The first kappa shape index (κ1) is 12.8. The number of fused-ring (bicyclic) bond motifs is 3. The molecule has 0 spiro atoms. The highest BCUT2D eigenvalue weighted by Gasteiger charge is 2.40. The molecule has 0 unspecified atom stereocenters. The van der Waals surface area contributed by atoms with Crippen molar-refractivity contribution >= 4 is 22.4 Å². The number of amides is 1. The molecule has 108 valence electrons. The molecule has 2 saturated carbocycles. The van der Waals surface area contributed by atoms with Gasteiger partial charge in [-0.05, 0) is 62.7 Å². The van der Waals surface area contributed by atoms with E-state index in [1.807, 2.05) is 0 Å². The molecule has 1 amide bonds. The molecule has 2 fully saturated rings. The minimum atomic E-state index is 0.189. The summed E-state index contributed by atoms with van der Waals surface area (Å²) >= 11 is 1.69. The largest absolute Gasteiger partial charge is 0.302 e. The monoisotopic (exact) mass is 290 g/mol. The standard InChI is InChI=1S/C16H22N2OS/c19-15(9-12-8-10-5-6-11(12)7-10)18-16-17-13-3-1-2-4-14(13)20-16/h10-12H,1-9H2,(H,17,18,19)/t10-,11-,12+/m1/s1. The van der Waals surface area contributed by atoms with Crippen molar-refractivity contribution in [3.05, 3.63) is 10.6 Å². The Morgan fingerprint density at radius 2 is 2.15 bits per heavy atom. The van der Waals surface area contributed by atoms with E-state index in [1.165, 1.54) is 49.1 Å². The molecule has 1 aromatic rings. The van der Waals surface area contributed by atoms with E-state index in [2.05, 4.69) is 10.3 Å². The molecule has 3 aliphatic rings. The highest BCUT2D eigenvalue weighted by atomic mass is 32.1. The Balaban J connectivity index is 1.36. The Kier molecular flexibility index (Phi) is 3.29. The van der Waals surface area contributed by atoms with Crippen LogP contribution in [-0.2, 0) is 17.6 Å². The lowest BCUT2D eigenvalue weighted by Crippen LogP contribution is -2.20. The molecule has 4 rings (SSSR count). The van der Waals surface area contributed by atoms with Crippen molar-refractivity contribution in [2.75, 3.05) is 5.32 Å². The van der Waals surface area contributed by atoms with Crippen LogP contribution in [0.25, 0.3) is 0 Å². The summed E-state index contributed by atoms with van der Waals surface area (Å²) in [5.74, 6) is 2.58. The highest BCUT2D eigenvalue weighted by molar-refractivity contribution is 7.15. The topological polar surface area (TPSA) is 42.0 Å². The van der Waals surface area contributed by atoms with Crippen LogP contribution in [0.5, 0.6) is 0 Å². The van der Waals surface area contributed by atoms with Crippen molar-refractivity contribution in [2.45, 2.75) is 57.8 Å². The summed E-state index contributed by atoms with van der Waals surface area (Å²) in [4.78, 5) is 18.2. The van der Waals surface area contributed by atoms with Crippen LogP contribution in [0, 0.1) is 17.8 Å². The third-order valence-corrected chi connectivity index (χ3v) is 6.50. The maximum Gasteiger partial charge on any atom is 0.226 e. The van der Waals surface area contributed by atoms with E-state index in [0.29, 0.717) is 12.3 Å². The number of carbonyl (C=O) groups excluding carboxylic acids is 1. The van der Waals surface area contributed by atoms with E-state index >= 15 is 0 Å². The van der Waals surface area contributed by atoms with Gasteiger partial charge in [-0.15, -0.1) is 11.3 Å². The van der Waals surface area contributed by atoms with E-state index in [4.69, 9.17) is 0 Å². The molecule has 4 heteroatoms. The summed E-state index contributed by atoms with van der Waals surface area (Å²) in [6.45, 7) is 0. The predicted octanol–water partition coefficient (Wildman–Crippen LogP) is 3.79. The number of nitrogens with one attached hydrogen (secondary N) is 1. The first-order chi connectivity index (χ1) is 9.78. The molecule has 3 nitrogen and oxygen atoms in total. The van der Waals surface area contributed by atoms with Crippen LogP contribution in [0.2, 0.25) is 0 Å². The molecular formula is C16H22N2OS. The predicted molar refractivity (Wildman–Crippen MR) is 80.9 cm³/mol. The molecule has 3 aliphatic carbocycles. The minimum absolute atomic E-state index is 0.189. The van der Waals surface area contributed by atoms with Gasteiger partial charge in [0.05, 0.1) is 5.69 Å². The molecule has 0 aromatic carbocycles. The average molecular weight is 290 g/mol. The van der Waals surface area contributed by atoms with Gasteiger partial charge in [0.2, 0.25) is 5.91 Å². The van der Waals surface area contributed by atoms with Gasteiger partial charge < -0.3 is 5.32 Å². The van der Waals surface area contributed by atoms with Gasteiger partial charge in [0.15, 0.2) is 5.13 Å². The molecule has 0 saturated heterocycles. The molecule has 0 aliphatic heterocycles. The number of hydrogen-bond donors (Lipinski definition) is 1. The second-order valence-electron chi connectivity index (χ2n) is 6.78. The van der Waals surface area contributed by atoms with Crippen molar-refractivity contribution < 1.29 is 4.79 Å². The summed E-state index contributed by atoms with van der Waals surface area (Å²) in [6, 6.07) is 0. The Bertz CT molecular complexity index is 501. The lowest BCUT2D eigenvalue weighted by Gasteiger charge is -2.20. The molecule has 2 bridgehead atoms. The quantitative estimate of drug-likeness (QED) is 0.920. The summed E-state index contributed by atoms with van der Waals surface area (Å²) in [5, 5.41) is 3.89. The zero-order valence-electron chi connectivity index (χ0n) is 11.9. The van der Waals surface area contributed by atoms with E-state index in [0.717, 1.165) is 29.8 Å². The molecule has 1 N–H and O–H groups in total. The van der Waals surface area contributed by atoms with E-state index in [1.54, 1.807) is 11.3 Å². The van der Waals surface area contributed by atoms with Gasteiger partial charge in [0.25, 0.3) is 0 Å². The minimum Gasteiger partial charge on any atom is -0.302 e. The summed E-state index contributed by atoms with van der Waals surface area (Å²) < 4.78 is 0. The number of hydrogen-bond acceptors (Lipinski definition) is 3. The smallest absolute Gasteiger partial charge is 0.226 e. The van der Waals surface area contributed by atoms with Crippen LogP contribution in [0.3, 0.4) is 0 Å². The molecular weight excluding hydrogens is 268 g/mol. The molecule has 1 aromatic heterocycles. The van der Waals surface area contributed by atoms with Gasteiger partial charge in [0, 0.05) is 11.3 Å². The Morgan fingerprint density at radius 3 is 2.90 bits per heavy atom. The van der Waals surface area contributed by atoms with Gasteiger partial charge >= 0.3 is 0 Å². The molecule has 3 atom stereocenters. The average Bonchev–Trinajstić information content (AvgIpc) is 3.11. The van der Waals surface area contributed by atoms with Gasteiger partial charge in [-0.25, -0.2) is 4.98 Å². The third kappa shape index (κ3) is 2.39. The van der Waals surface area contributed by atoms with Gasteiger partial charge in [0.1, 0.15) is 0 Å². The van der Waals surface area contributed by atoms with E-state index in [-0.39, 0.29) is 5.91 Å². The molecule has 20 heavy (non-hydrogen) atoms. The van der Waals surface area contributed by atoms with Gasteiger partial charge in [-0.3, -0.25) is 4.79 Å². The van der Waals surface area contributed by atoms with Crippen LogP contribution in [0.4, 0.5) is 5.13 Å². The van der Waals surface area contributed by atoms with Gasteiger partial charge in [-0.1, -0.05) is 6.42 Å². The number of thiazole rings is 1. The Hall–Kier alpha value is -0.900. The fraction of sp³-hybridized carbons (Fsp3) is 0.750. The fourth-order valence-corrected chi connectivity index (χ4v) is 5.51. The van der Waals surface area contributed by atoms with Crippen molar-refractivity contribution in [3.8, 4) is 0 Å². The number of aromatic nitrogens is 1. The normalized spacial score (nSPS) is 31.3. The first-order valence-corrected chi connectivity index (χ1v) is 8.88. The van der Waals surface area contributed by atoms with Crippen molar-refractivity contribution in [3.63, 3.8) is 0 Å². The molecule has 0 radical (unpaired) electrons. The highest BCUT2D eigenvalue weighted by Crippen LogP contribution is 2.49. The van der Waals surface area contributed by atoms with E-state index in [9.17, 15) is 4.79 Å². The Morgan fingerprint density at radius 1 is 1.25 bits per heavy atom. The van der Waals surface area contributed by atoms with Crippen LogP contribution >= 0.6 is 11.3 Å².